The van der Waals surface area contributed by atoms with Gasteiger partial charge in [-0.1, -0.05) is 30.3 Å². The van der Waals surface area contributed by atoms with Crippen LogP contribution in [0.5, 0.6) is 0 Å². The second-order valence-electron chi connectivity index (χ2n) is 2.93. The molecule has 0 fully saturated rings. The lowest BCUT2D eigenvalue weighted by atomic mass is 10.1. The Morgan fingerprint density at radius 2 is 2.00 bits per heavy atom. The molecule has 0 aromatic heterocycles. The van der Waals surface area contributed by atoms with Crippen LogP contribution in [0, 0.1) is 0 Å². The summed E-state index contributed by atoms with van der Waals surface area (Å²) >= 11 is 0. The number of alkyl halides is 1. The average Bonchev–Trinajstić information content (AvgIpc) is 2.15. The molecule has 0 amide bonds. The van der Waals surface area contributed by atoms with Crippen LogP contribution in [0.4, 0.5) is 4.39 Å². The van der Waals surface area contributed by atoms with E-state index in [1.807, 2.05) is 0 Å². The van der Waals surface area contributed by atoms with Crippen molar-refractivity contribution in [1.82, 2.24) is 0 Å². The van der Waals surface area contributed by atoms with E-state index < -0.39 is 12.1 Å². The Morgan fingerprint density at radius 3 is 2.43 bits per heavy atom. The van der Waals surface area contributed by atoms with Gasteiger partial charge < -0.3 is 5.11 Å². The second-order valence-corrected chi connectivity index (χ2v) is 2.93. The standard InChI is InChI=1S/C11H11FO2/c1-8(12)7-10(11(13)14)9-5-3-2-4-6-9/h2-8H,1H3,(H,13,14). The SMILES string of the molecule is CC(F)C=C(C(=O)O)c1ccccc1. The highest BCUT2D eigenvalue weighted by molar-refractivity contribution is 6.15. The largest absolute Gasteiger partial charge is 0.478 e. The molecule has 0 aliphatic heterocycles. The van der Waals surface area contributed by atoms with Crippen molar-refractivity contribution in [2.45, 2.75) is 13.1 Å². The summed E-state index contributed by atoms with van der Waals surface area (Å²) < 4.78 is 12.7. The maximum atomic E-state index is 12.7. The van der Waals surface area contributed by atoms with Gasteiger partial charge in [0, 0.05) is 0 Å². The van der Waals surface area contributed by atoms with Crippen LogP contribution in [0.1, 0.15) is 12.5 Å². The Kier molecular flexibility index (Phi) is 3.40. The molecule has 1 atom stereocenters. The van der Waals surface area contributed by atoms with Crippen LogP contribution in [0.25, 0.3) is 5.57 Å². The first-order valence-electron chi connectivity index (χ1n) is 4.26. The van der Waals surface area contributed by atoms with Crippen LogP contribution >= 0.6 is 0 Å². The molecule has 14 heavy (non-hydrogen) atoms. The molecule has 0 aliphatic carbocycles. The van der Waals surface area contributed by atoms with Crippen LogP contribution in [0.3, 0.4) is 0 Å². The molecule has 1 unspecified atom stereocenters. The lowest BCUT2D eigenvalue weighted by molar-refractivity contribution is -0.130. The smallest absolute Gasteiger partial charge is 0.336 e. The topological polar surface area (TPSA) is 37.3 Å². The zero-order valence-corrected chi connectivity index (χ0v) is 7.77. The molecule has 1 rings (SSSR count). The van der Waals surface area contributed by atoms with Crippen molar-refractivity contribution < 1.29 is 14.3 Å². The molecular formula is C11H11FO2. The molecule has 0 heterocycles. The summed E-state index contributed by atoms with van der Waals surface area (Å²) in [5, 5.41) is 8.84. The van der Waals surface area contributed by atoms with Gasteiger partial charge in [0.15, 0.2) is 0 Å². The second kappa shape index (κ2) is 4.56. The molecule has 74 valence electrons. The monoisotopic (exact) mass is 194 g/mol. The normalized spacial score (nSPS) is 13.7. The summed E-state index contributed by atoms with van der Waals surface area (Å²) in [6.45, 7) is 1.30. The van der Waals surface area contributed by atoms with Crippen molar-refractivity contribution in [3.05, 3.63) is 42.0 Å². The summed E-state index contributed by atoms with van der Waals surface area (Å²) in [5.74, 6) is -1.11. The zero-order valence-electron chi connectivity index (χ0n) is 7.77. The van der Waals surface area contributed by atoms with Crippen LogP contribution in [0.2, 0.25) is 0 Å². The number of carboxylic acid groups (broad SMARTS) is 1. The summed E-state index contributed by atoms with van der Waals surface area (Å²) in [7, 11) is 0. The van der Waals surface area contributed by atoms with E-state index in [0.29, 0.717) is 5.56 Å². The van der Waals surface area contributed by atoms with Crippen molar-refractivity contribution >= 4 is 11.5 Å². The molecule has 0 spiro atoms. The molecule has 0 radical (unpaired) electrons. The lowest BCUT2D eigenvalue weighted by Crippen LogP contribution is -2.02. The number of carboxylic acids is 1. The van der Waals surface area contributed by atoms with Gasteiger partial charge in [-0.3, -0.25) is 0 Å². The molecule has 0 aliphatic rings. The van der Waals surface area contributed by atoms with Gasteiger partial charge in [-0.25, -0.2) is 9.18 Å². The highest BCUT2D eigenvalue weighted by Gasteiger charge is 2.10. The third-order valence-corrected chi connectivity index (χ3v) is 1.71. The van der Waals surface area contributed by atoms with Crippen LogP contribution in [0.15, 0.2) is 36.4 Å². The van der Waals surface area contributed by atoms with E-state index in [2.05, 4.69) is 0 Å². The van der Waals surface area contributed by atoms with E-state index in [-0.39, 0.29) is 5.57 Å². The summed E-state index contributed by atoms with van der Waals surface area (Å²) in [6.07, 6.45) is -0.168. The number of rotatable bonds is 3. The first-order valence-corrected chi connectivity index (χ1v) is 4.26. The fourth-order valence-corrected chi connectivity index (χ4v) is 1.14. The van der Waals surface area contributed by atoms with Gasteiger partial charge in [0.2, 0.25) is 0 Å². The minimum atomic E-state index is -1.26. The molecule has 3 heteroatoms. The Balaban J connectivity index is 3.08. The molecule has 0 bridgehead atoms. The quantitative estimate of drug-likeness (QED) is 0.750. The van der Waals surface area contributed by atoms with Crippen molar-refractivity contribution in [3.8, 4) is 0 Å². The number of hydrogen-bond acceptors (Lipinski definition) is 1. The van der Waals surface area contributed by atoms with Crippen molar-refractivity contribution in [2.75, 3.05) is 0 Å². The van der Waals surface area contributed by atoms with Gasteiger partial charge >= 0.3 is 5.97 Å². The molecular weight excluding hydrogens is 183 g/mol. The highest BCUT2D eigenvalue weighted by Crippen LogP contribution is 2.15. The van der Waals surface area contributed by atoms with Crippen LogP contribution in [-0.2, 0) is 4.79 Å². The first-order chi connectivity index (χ1) is 6.61. The average molecular weight is 194 g/mol. The third kappa shape index (κ3) is 2.69. The van der Waals surface area contributed by atoms with Crippen molar-refractivity contribution in [2.24, 2.45) is 0 Å². The molecule has 1 N–H and O–H groups in total. The van der Waals surface area contributed by atoms with Gasteiger partial charge in [0.25, 0.3) is 0 Å². The number of halogens is 1. The van der Waals surface area contributed by atoms with Gasteiger partial charge in [-0.05, 0) is 18.6 Å². The van der Waals surface area contributed by atoms with E-state index in [1.165, 1.54) is 6.92 Å². The number of benzene rings is 1. The van der Waals surface area contributed by atoms with E-state index in [0.717, 1.165) is 6.08 Å². The minimum absolute atomic E-state index is 0.000556. The Morgan fingerprint density at radius 1 is 1.43 bits per heavy atom. The molecule has 1 aromatic rings. The fourth-order valence-electron chi connectivity index (χ4n) is 1.14. The number of aliphatic carboxylic acids is 1. The fraction of sp³-hybridized carbons (Fsp3) is 0.182. The number of hydrogen-bond donors (Lipinski definition) is 1. The maximum absolute atomic E-state index is 12.7. The highest BCUT2D eigenvalue weighted by atomic mass is 19.1. The van der Waals surface area contributed by atoms with E-state index in [1.54, 1.807) is 30.3 Å². The third-order valence-electron chi connectivity index (χ3n) is 1.71. The van der Waals surface area contributed by atoms with Gasteiger partial charge in [-0.15, -0.1) is 0 Å². The molecule has 1 aromatic carbocycles. The Labute approximate surface area is 81.7 Å². The number of allylic oxidation sites excluding steroid dienone is 1. The molecule has 0 saturated heterocycles. The van der Waals surface area contributed by atoms with E-state index in [4.69, 9.17) is 5.11 Å². The first kappa shape index (κ1) is 10.4. The minimum Gasteiger partial charge on any atom is -0.478 e. The Bertz CT molecular complexity index is 342. The molecule has 2 nitrogen and oxygen atoms in total. The van der Waals surface area contributed by atoms with Gasteiger partial charge in [0.05, 0.1) is 5.57 Å². The summed E-state index contributed by atoms with van der Waals surface area (Å²) in [5.41, 5.74) is 0.519. The zero-order chi connectivity index (χ0) is 10.6. The van der Waals surface area contributed by atoms with E-state index >= 15 is 0 Å². The van der Waals surface area contributed by atoms with Crippen molar-refractivity contribution in [3.63, 3.8) is 0 Å². The molecule has 0 saturated carbocycles. The van der Waals surface area contributed by atoms with Gasteiger partial charge in [-0.2, -0.15) is 0 Å². The van der Waals surface area contributed by atoms with Crippen LogP contribution in [-0.4, -0.2) is 17.2 Å². The number of carbonyl (C=O) groups is 1. The van der Waals surface area contributed by atoms with Crippen molar-refractivity contribution in [1.29, 1.82) is 0 Å². The van der Waals surface area contributed by atoms with E-state index in [9.17, 15) is 9.18 Å². The Hall–Kier alpha value is -1.64. The summed E-state index contributed by atoms with van der Waals surface area (Å²) in [6, 6.07) is 8.50. The lowest BCUT2D eigenvalue weighted by Gasteiger charge is -2.02. The maximum Gasteiger partial charge on any atom is 0.336 e. The predicted octanol–water partition coefficient (Wildman–Crippen LogP) is 2.51. The van der Waals surface area contributed by atoms with Gasteiger partial charge in [0.1, 0.15) is 6.17 Å². The van der Waals surface area contributed by atoms with Crippen LogP contribution < -0.4 is 0 Å². The summed E-state index contributed by atoms with van der Waals surface area (Å²) in [4.78, 5) is 10.8. The predicted molar refractivity (Wildman–Crippen MR) is 52.6 cm³/mol.